The van der Waals surface area contributed by atoms with Crippen molar-refractivity contribution in [3.05, 3.63) is 0 Å². The Hall–Kier alpha value is -0.0800. The largest absolute Gasteiger partial charge is 0.390 e. The fraction of sp³-hybridized carbons (Fsp3) is 1.00. The van der Waals surface area contributed by atoms with Crippen LogP contribution < -0.4 is 5.73 Å². The van der Waals surface area contributed by atoms with Gasteiger partial charge >= 0.3 is 0 Å². The molecule has 0 aliphatic carbocycles. The lowest BCUT2D eigenvalue weighted by molar-refractivity contribution is -0.0379. The molecule has 62 valence electrons. The highest BCUT2D eigenvalue weighted by atomic mass is 16.3. The first kappa shape index (κ1) is 9.92. The zero-order chi connectivity index (χ0) is 8.41. The number of nitrogens with two attached hydrogens (primary N) is 1. The van der Waals surface area contributed by atoms with Crippen molar-refractivity contribution in [2.24, 2.45) is 11.1 Å². The van der Waals surface area contributed by atoms with Gasteiger partial charge in [0.1, 0.15) is 0 Å². The van der Waals surface area contributed by atoms with Crippen LogP contribution in [0.2, 0.25) is 0 Å². The van der Waals surface area contributed by atoms with Gasteiger partial charge in [-0.25, -0.2) is 0 Å². The van der Waals surface area contributed by atoms with E-state index in [0.717, 1.165) is 6.42 Å². The molecule has 0 aromatic carbocycles. The number of rotatable bonds is 3. The van der Waals surface area contributed by atoms with E-state index in [1.165, 1.54) is 0 Å². The Morgan fingerprint density at radius 2 is 1.60 bits per heavy atom. The van der Waals surface area contributed by atoms with Crippen LogP contribution >= 0.6 is 0 Å². The maximum absolute atomic E-state index is 9.62. The monoisotopic (exact) mass is 145 g/mol. The summed E-state index contributed by atoms with van der Waals surface area (Å²) in [5.41, 5.74) is 4.69. The van der Waals surface area contributed by atoms with Crippen LogP contribution in [0, 0.1) is 5.41 Å². The Labute approximate surface area is 63.4 Å². The van der Waals surface area contributed by atoms with Gasteiger partial charge in [0, 0.05) is 0 Å². The molecule has 0 spiro atoms. The summed E-state index contributed by atoms with van der Waals surface area (Å²) >= 11 is 0. The average Bonchev–Trinajstić information content (AvgIpc) is 1.61. The molecule has 2 nitrogen and oxygen atoms in total. The van der Waals surface area contributed by atoms with E-state index in [-0.39, 0.29) is 5.41 Å². The second kappa shape index (κ2) is 2.89. The van der Waals surface area contributed by atoms with E-state index in [0.29, 0.717) is 6.54 Å². The van der Waals surface area contributed by atoms with E-state index >= 15 is 0 Å². The lowest BCUT2D eigenvalue weighted by Crippen LogP contribution is -2.40. The quantitative estimate of drug-likeness (QED) is 0.625. The van der Waals surface area contributed by atoms with Gasteiger partial charge in [-0.2, -0.15) is 0 Å². The van der Waals surface area contributed by atoms with Gasteiger partial charge in [-0.3, -0.25) is 0 Å². The fourth-order valence-electron chi connectivity index (χ4n) is 0.667. The van der Waals surface area contributed by atoms with Crippen molar-refractivity contribution in [3.63, 3.8) is 0 Å². The van der Waals surface area contributed by atoms with Crippen LogP contribution in [0.25, 0.3) is 0 Å². The summed E-state index contributed by atoms with van der Waals surface area (Å²) in [6, 6.07) is 0. The highest BCUT2D eigenvalue weighted by Gasteiger charge is 2.33. The summed E-state index contributed by atoms with van der Waals surface area (Å²) < 4.78 is 0. The Morgan fingerprint density at radius 1 is 1.20 bits per heavy atom. The van der Waals surface area contributed by atoms with Gasteiger partial charge in [0.2, 0.25) is 0 Å². The summed E-state index contributed by atoms with van der Waals surface area (Å²) in [6.07, 6.45) is 0.858. The standard InChI is InChI=1S/C8H19NO/c1-7(2,5-6-9)8(3,4)10/h10H,5-6,9H2,1-4H3. The Balaban J connectivity index is 4.10. The summed E-state index contributed by atoms with van der Waals surface area (Å²) in [6.45, 7) is 8.34. The molecule has 0 aliphatic heterocycles. The van der Waals surface area contributed by atoms with E-state index in [2.05, 4.69) is 0 Å². The van der Waals surface area contributed by atoms with E-state index < -0.39 is 5.60 Å². The molecular weight excluding hydrogens is 126 g/mol. The molecule has 0 aromatic heterocycles. The predicted molar refractivity (Wildman–Crippen MR) is 43.8 cm³/mol. The lowest BCUT2D eigenvalue weighted by atomic mass is 9.75. The molecule has 10 heavy (non-hydrogen) atoms. The summed E-state index contributed by atoms with van der Waals surface area (Å²) in [4.78, 5) is 0. The SMILES string of the molecule is CC(C)(O)C(C)(C)CCN. The van der Waals surface area contributed by atoms with Gasteiger partial charge < -0.3 is 10.8 Å². The van der Waals surface area contributed by atoms with Crippen molar-refractivity contribution in [3.8, 4) is 0 Å². The molecule has 0 unspecified atom stereocenters. The minimum absolute atomic E-state index is 0.0816. The number of hydrogen-bond donors (Lipinski definition) is 2. The van der Waals surface area contributed by atoms with Crippen LogP contribution in [0.3, 0.4) is 0 Å². The fourth-order valence-corrected chi connectivity index (χ4v) is 0.667. The normalized spacial score (nSPS) is 13.8. The Kier molecular flexibility index (Phi) is 2.86. The minimum atomic E-state index is -0.633. The first-order chi connectivity index (χ1) is 4.31. The van der Waals surface area contributed by atoms with Crippen LogP contribution in [0.1, 0.15) is 34.1 Å². The molecule has 0 rings (SSSR count). The first-order valence-corrected chi connectivity index (χ1v) is 3.74. The third kappa shape index (κ3) is 2.27. The summed E-state index contributed by atoms with van der Waals surface area (Å²) in [5, 5.41) is 9.62. The predicted octanol–water partition coefficient (Wildman–Crippen LogP) is 1.13. The topological polar surface area (TPSA) is 46.2 Å². The molecule has 0 bridgehead atoms. The van der Waals surface area contributed by atoms with E-state index in [1.807, 2.05) is 27.7 Å². The maximum Gasteiger partial charge on any atom is 0.0642 e. The summed E-state index contributed by atoms with van der Waals surface area (Å²) in [5.74, 6) is 0. The van der Waals surface area contributed by atoms with Crippen molar-refractivity contribution in [2.45, 2.75) is 39.7 Å². The molecule has 2 heteroatoms. The first-order valence-electron chi connectivity index (χ1n) is 3.74. The molecule has 0 aromatic rings. The van der Waals surface area contributed by atoms with Crippen molar-refractivity contribution in [1.82, 2.24) is 0 Å². The van der Waals surface area contributed by atoms with Crippen LogP contribution in [0.15, 0.2) is 0 Å². The van der Waals surface area contributed by atoms with Gasteiger partial charge in [-0.05, 0) is 32.2 Å². The molecule has 0 atom stereocenters. The van der Waals surface area contributed by atoms with Crippen LogP contribution in [-0.2, 0) is 0 Å². The van der Waals surface area contributed by atoms with Crippen LogP contribution in [-0.4, -0.2) is 17.3 Å². The second-order valence-corrected chi connectivity index (χ2v) is 3.98. The van der Waals surface area contributed by atoms with Gasteiger partial charge in [0.25, 0.3) is 0 Å². The lowest BCUT2D eigenvalue weighted by Gasteiger charge is -2.36. The van der Waals surface area contributed by atoms with Crippen LogP contribution in [0.5, 0.6) is 0 Å². The third-order valence-corrected chi connectivity index (χ3v) is 2.43. The van der Waals surface area contributed by atoms with Crippen molar-refractivity contribution in [2.75, 3.05) is 6.54 Å². The molecule has 3 N–H and O–H groups in total. The van der Waals surface area contributed by atoms with Gasteiger partial charge in [-0.1, -0.05) is 13.8 Å². The molecule has 0 amide bonds. The third-order valence-electron chi connectivity index (χ3n) is 2.43. The minimum Gasteiger partial charge on any atom is -0.390 e. The Bertz CT molecular complexity index is 102. The van der Waals surface area contributed by atoms with Crippen LogP contribution in [0.4, 0.5) is 0 Å². The second-order valence-electron chi connectivity index (χ2n) is 3.98. The zero-order valence-corrected chi connectivity index (χ0v) is 7.44. The van der Waals surface area contributed by atoms with Crippen molar-refractivity contribution in [1.29, 1.82) is 0 Å². The van der Waals surface area contributed by atoms with E-state index in [9.17, 15) is 5.11 Å². The van der Waals surface area contributed by atoms with Crippen molar-refractivity contribution >= 4 is 0 Å². The average molecular weight is 145 g/mol. The maximum atomic E-state index is 9.62. The van der Waals surface area contributed by atoms with Crippen molar-refractivity contribution < 1.29 is 5.11 Å². The summed E-state index contributed by atoms with van der Waals surface area (Å²) in [7, 11) is 0. The molecule has 0 radical (unpaired) electrons. The zero-order valence-electron chi connectivity index (χ0n) is 7.44. The van der Waals surface area contributed by atoms with E-state index in [1.54, 1.807) is 0 Å². The molecule has 0 fully saturated rings. The Morgan fingerprint density at radius 3 is 1.70 bits per heavy atom. The van der Waals surface area contributed by atoms with Gasteiger partial charge in [0.15, 0.2) is 0 Å². The molecular formula is C8H19NO. The molecule has 0 saturated heterocycles. The van der Waals surface area contributed by atoms with Gasteiger partial charge in [0.05, 0.1) is 5.60 Å². The molecule has 0 aliphatic rings. The highest BCUT2D eigenvalue weighted by Crippen LogP contribution is 2.32. The van der Waals surface area contributed by atoms with Gasteiger partial charge in [-0.15, -0.1) is 0 Å². The smallest absolute Gasteiger partial charge is 0.0642 e. The molecule has 0 saturated carbocycles. The number of aliphatic hydroxyl groups is 1. The number of hydrogen-bond acceptors (Lipinski definition) is 2. The van der Waals surface area contributed by atoms with E-state index in [4.69, 9.17) is 5.73 Å². The highest BCUT2D eigenvalue weighted by molar-refractivity contribution is 4.85. The molecule has 0 heterocycles.